The van der Waals surface area contributed by atoms with Crippen LogP contribution in [0.1, 0.15) is 18.4 Å². The van der Waals surface area contributed by atoms with E-state index in [0.29, 0.717) is 36.6 Å². The average molecular weight is 443 g/mol. The number of rotatable bonds is 3. The Morgan fingerprint density at radius 2 is 1.90 bits per heavy atom. The van der Waals surface area contributed by atoms with Crippen LogP contribution in [0.4, 0.5) is 10.5 Å². The summed E-state index contributed by atoms with van der Waals surface area (Å²) in [6.45, 7) is 1.19. The molecule has 2 amide bonds. The highest BCUT2D eigenvalue weighted by atomic mass is 35.5. The maximum Gasteiger partial charge on any atom is 0.321 e. The number of hydrogen-bond donors (Lipinski definition) is 1. The number of carbonyl (C=O) groups is 1. The summed E-state index contributed by atoms with van der Waals surface area (Å²) in [6.07, 6.45) is 3.41. The van der Waals surface area contributed by atoms with Gasteiger partial charge in [-0.1, -0.05) is 17.7 Å². The summed E-state index contributed by atoms with van der Waals surface area (Å²) >= 11 is 7.61. The van der Waals surface area contributed by atoms with Gasteiger partial charge in [0.15, 0.2) is 5.66 Å². The lowest BCUT2D eigenvalue weighted by Crippen LogP contribution is -2.46. The fourth-order valence-electron chi connectivity index (χ4n) is 3.66. The number of amides is 2. The van der Waals surface area contributed by atoms with Crippen LogP contribution in [0.3, 0.4) is 0 Å². The van der Waals surface area contributed by atoms with Crippen molar-refractivity contribution in [2.45, 2.75) is 18.5 Å². The molecule has 2 aromatic carbocycles. The number of likely N-dealkylation sites (tertiary alicyclic amines) is 1. The molecule has 0 saturated carbocycles. The Labute approximate surface area is 185 Å². The highest BCUT2D eigenvalue weighted by Crippen LogP contribution is 2.35. The lowest BCUT2D eigenvalue weighted by atomic mass is 9.98. The van der Waals surface area contributed by atoms with Gasteiger partial charge in [-0.3, -0.25) is 4.99 Å². The average Bonchev–Trinajstić information content (AvgIpc) is 3.12. The Balaban J connectivity index is 1.45. The van der Waals surface area contributed by atoms with Crippen molar-refractivity contribution in [3.05, 3.63) is 59.1 Å². The van der Waals surface area contributed by atoms with Gasteiger partial charge >= 0.3 is 6.03 Å². The molecule has 0 aliphatic carbocycles. The number of hydrogen-bond acceptors (Lipinski definition) is 5. The molecule has 6 nitrogen and oxygen atoms in total. The van der Waals surface area contributed by atoms with Crippen molar-refractivity contribution in [3.63, 3.8) is 0 Å². The molecular formula is C22H23ClN4O2S. The van der Waals surface area contributed by atoms with Gasteiger partial charge in [0.25, 0.3) is 0 Å². The van der Waals surface area contributed by atoms with E-state index in [2.05, 4.69) is 5.32 Å². The summed E-state index contributed by atoms with van der Waals surface area (Å²) in [7, 11) is 1.65. The zero-order valence-corrected chi connectivity index (χ0v) is 18.5. The minimum absolute atomic E-state index is 0.126. The Bertz CT molecular complexity index is 998. The molecule has 1 saturated heterocycles. The summed E-state index contributed by atoms with van der Waals surface area (Å²) in [5.74, 6) is 0.814. The zero-order chi connectivity index (χ0) is 21.1. The van der Waals surface area contributed by atoms with Crippen LogP contribution in [0.5, 0.6) is 5.75 Å². The van der Waals surface area contributed by atoms with Crippen LogP contribution < -0.4 is 10.1 Å². The Hall–Kier alpha value is -2.51. The third kappa shape index (κ3) is 4.32. The van der Waals surface area contributed by atoms with Gasteiger partial charge in [0.05, 0.1) is 12.8 Å². The third-order valence-electron chi connectivity index (χ3n) is 5.32. The van der Waals surface area contributed by atoms with Gasteiger partial charge in [-0.25, -0.2) is 9.79 Å². The van der Waals surface area contributed by atoms with Crippen LogP contribution >= 0.6 is 23.4 Å². The van der Waals surface area contributed by atoms with E-state index in [0.717, 1.165) is 22.1 Å². The second-order valence-corrected chi connectivity index (χ2v) is 8.45. The molecule has 0 bridgehead atoms. The number of anilines is 1. The van der Waals surface area contributed by atoms with Crippen molar-refractivity contribution in [2.24, 2.45) is 9.98 Å². The maximum absolute atomic E-state index is 12.6. The maximum atomic E-state index is 12.6. The predicted octanol–water partition coefficient (Wildman–Crippen LogP) is 4.94. The molecular weight excluding hydrogens is 420 g/mol. The topological polar surface area (TPSA) is 66.3 Å². The molecule has 30 heavy (non-hydrogen) atoms. The first-order chi connectivity index (χ1) is 14.5. The molecule has 0 radical (unpaired) electrons. The number of aliphatic imine (C=N–C) groups is 2. The molecule has 0 unspecified atom stereocenters. The molecule has 156 valence electrons. The summed E-state index contributed by atoms with van der Waals surface area (Å²) in [4.78, 5) is 24.4. The number of halogens is 1. The minimum atomic E-state index is -0.486. The number of methoxy groups -OCH3 is 1. The Kier molecular flexibility index (Phi) is 6.01. The molecule has 1 fully saturated rings. The summed E-state index contributed by atoms with van der Waals surface area (Å²) in [5, 5.41) is 4.45. The number of benzene rings is 2. The SMILES string of the molecule is COc1ccc(C2=NC3(CCN(C(=O)Nc4cccc(Cl)c4)CC3)N=C2SC)cc1. The van der Waals surface area contributed by atoms with E-state index in [1.807, 2.05) is 42.7 Å². The quantitative estimate of drug-likeness (QED) is 0.732. The van der Waals surface area contributed by atoms with Gasteiger partial charge in [0.1, 0.15) is 10.8 Å². The van der Waals surface area contributed by atoms with Crippen LogP contribution in [-0.4, -0.2) is 53.8 Å². The first-order valence-corrected chi connectivity index (χ1v) is 11.3. The molecule has 2 aromatic rings. The van der Waals surface area contributed by atoms with E-state index in [-0.39, 0.29) is 6.03 Å². The minimum Gasteiger partial charge on any atom is -0.497 e. The van der Waals surface area contributed by atoms with Crippen molar-refractivity contribution in [1.29, 1.82) is 0 Å². The van der Waals surface area contributed by atoms with Crippen molar-refractivity contribution < 1.29 is 9.53 Å². The summed E-state index contributed by atoms with van der Waals surface area (Å²) in [5.41, 5.74) is 2.15. The summed E-state index contributed by atoms with van der Waals surface area (Å²) in [6, 6.07) is 14.9. The highest BCUT2D eigenvalue weighted by Gasteiger charge is 2.40. The van der Waals surface area contributed by atoms with Crippen LogP contribution in [0.15, 0.2) is 58.5 Å². The van der Waals surface area contributed by atoms with Gasteiger partial charge in [0, 0.05) is 42.2 Å². The lowest BCUT2D eigenvalue weighted by Gasteiger charge is -2.35. The van der Waals surface area contributed by atoms with Crippen LogP contribution in [0, 0.1) is 0 Å². The first kappa shape index (κ1) is 20.8. The Morgan fingerprint density at radius 3 is 2.53 bits per heavy atom. The van der Waals surface area contributed by atoms with Crippen molar-refractivity contribution >= 4 is 45.8 Å². The highest BCUT2D eigenvalue weighted by molar-refractivity contribution is 8.15. The molecule has 1 spiro atoms. The second kappa shape index (κ2) is 8.70. The molecule has 0 atom stereocenters. The number of urea groups is 1. The van der Waals surface area contributed by atoms with E-state index in [1.54, 1.807) is 35.9 Å². The molecule has 0 aromatic heterocycles. The fourth-order valence-corrected chi connectivity index (χ4v) is 4.47. The predicted molar refractivity (Wildman–Crippen MR) is 124 cm³/mol. The number of piperidine rings is 1. The number of thioether (sulfide) groups is 1. The van der Waals surface area contributed by atoms with E-state index >= 15 is 0 Å². The van der Waals surface area contributed by atoms with Gasteiger partial charge in [0.2, 0.25) is 0 Å². The molecule has 2 aliphatic heterocycles. The van der Waals surface area contributed by atoms with Crippen molar-refractivity contribution in [3.8, 4) is 5.75 Å². The van der Waals surface area contributed by atoms with Crippen LogP contribution in [0.2, 0.25) is 5.02 Å². The molecule has 2 heterocycles. The van der Waals surface area contributed by atoms with Crippen LogP contribution in [-0.2, 0) is 0 Å². The number of nitrogens with one attached hydrogen (secondary N) is 1. The number of carbonyl (C=O) groups excluding carboxylic acids is 1. The first-order valence-electron chi connectivity index (χ1n) is 9.72. The van der Waals surface area contributed by atoms with Gasteiger partial charge in [-0.15, -0.1) is 11.8 Å². The number of ether oxygens (including phenoxy) is 1. The fraction of sp³-hybridized carbons (Fsp3) is 0.318. The Morgan fingerprint density at radius 1 is 1.17 bits per heavy atom. The molecule has 8 heteroatoms. The zero-order valence-electron chi connectivity index (χ0n) is 16.9. The smallest absolute Gasteiger partial charge is 0.321 e. The number of nitrogens with zero attached hydrogens (tertiary/aromatic N) is 3. The van der Waals surface area contributed by atoms with Gasteiger partial charge in [-0.2, -0.15) is 0 Å². The molecule has 1 N–H and O–H groups in total. The van der Waals surface area contributed by atoms with Gasteiger partial charge in [-0.05, 0) is 48.7 Å². The van der Waals surface area contributed by atoms with Crippen LogP contribution in [0.25, 0.3) is 0 Å². The molecule has 2 aliphatic rings. The van der Waals surface area contributed by atoms with E-state index in [1.165, 1.54) is 0 Å². The van der Waals surface area contributed by atoms with Crippen molar-refractivity contribution in [2.75, 3.05) is 31.8 Å². The lowest BCUT2D eigenvalue weighted by molar-refractivity contribution is 0.175. The largest absolute Gasteiger partial charge is 0.497 e. The van der Waals surface area contributed by atoms with Crippen molar-refractivity contribution in [1.82, 2.24) is 4.90 Å². The monoisotopic (exact) mass is 442 g/mol. The normalized spacial score (nSPS) is 17.5. The van der Waals surface area contributed by atoms with E-state index in [4.69, 9.17) is 26.3 Å². The molecule has 4 rings (SSSR count). The van der Waals surface area contributed by atoms with E-state index in [9.17, 15) is 4.79 Å². The van der Waals surface area contributed by atoms with E-state index < -0.39 is 5.66 Å². The summed E-state index contributed by atoms with van der Waals surface area (Å²) < 4.78 is 5.25. The standard InChI is InChI=1S/C22H23ClN4O2S/c1-29-18-8-6-15(7-9-18)19-20(30-2)26-22(25-19)10-12-27(13-11-22)21(28)24-17-5-3-4-16(23)14-17/h3-9,14H,10-13H2,1-2H3,(H,24,28). The van der Waals surface area contributed by atoms with Gasteiger partial charge < -0.3 is 15.0 Å². The second-order valence-electron chi connectivity index (χ2n) is 7.22. The third-order valence-corrected chi connectivity index (χ3v) is 6.22.